The molecule has 1 aromatic heterocycles. The van der Waals surface area contributed by atoms with Crippen molar-refractivity contribution in [1.82, 2.24) is 15.2 Å². The minimum absolute atomic E-state index is 0.882. The average molecular weight is 237 g/mol. The smallest absolute Gasteiger partial charge is 0.0982 e. The molecule has 1 aromatic carbocycles. The molecule has 0 amide bonds. The second kappa shape index (κ2) is 4.14. The predicted octanol–water partition coefficient (Wildman–Crippen LogP) is 2.32. The first-order valence-corrected chi connectivity index (χ1v) is 5.84. The Morgan fingerprint density at radius 1 is 1.06 bits per heavy atom. The molecular formula is C14H13N4. The van der Waals surface area contributed by atoms with E-state index in [-0.39, 0.29) is 0 Å². The standard InChI is InChI=1S/C14H13N4/c1-10-14(13-8-9-15-16-13)11(2)18(17-10)12-6-4-3-5-7-12/h3-9H,1-2H3. The molecule has 0 spiro atoms. The van der Waals surface area contributed by atoms with Gasteiger partial charge in [0.05, 0.1) is 29.0 Å². The Kier molecular flexibility index (Phi) is 2.48. The number of nitrogens with zero attached hydrogens (tertiary/aromatic N) is 4. The summed E-state index contributed by atoms with van der Waals surface area (Å²) in [6.07, 6.45) is 3.61. The van der Waals surface area contributed by atoms with Gasteiger partial charge in [0, 0.05) is 5.56 Å². The number of benzene rings is 1. The van der Waals surface area contributed by atoms with Crippen LogP contribution in [0.4, 0.5) is 0 Å². The fourth-order valence-corrected chi connectivity index (χ4v) is 2.20. The van der Waals surface area contributed by atoms with Gasteiger partial charge in [-0.05, 0) is 32.1 Å². The summed E-state index contributed by atoms with van der Waals surface area (Å²) >= 11 is 0. The zero-order valence-corrected chi connectivity index (χ0v) is 10.3. The lowest BCUT2D eigenvalue weighted by atomic mass is 10.1. The molecule has 4 nitrogen and oxygen atoms in total. The molecule has 3 rings (SSSR count). The van der Waals surface area contributed by atoms with Crippen LogP contribution in [0, 0.1) is 13.8 Å². The van der Waals surface area contributed by atoms with Crippen molar-refractivity contribution >= 4 is 5.71 Å². The van der Waals surface area contributed by atoms with E-state index < -0.39 is 0 Å². The molecule has 0 N–H and O–H groups in total. The number of para-hydroxylation sites is 1. The van der Waals surface area contributed by atoms with E-state index in [1.807, 2.05) is 48.0 Å². The van der Waals surface area contributed by atoms with E-state index in [1.54, 1.807) is 6.20 Å². The number of hydrogen-bond donors (Lipinski definition) is 0. The van der Waals surface area contributed by atoms with Gasteiger partial charge in [-0.15, -0.1) is 0 Å². The minimum Gasteiger partial charge on any atom is -0.237 e. The number of aryl methyl sites for hydroxylation is 1. The van der Waals surface area contributed by atoms with Gasteiger partial charge in [0.25, 0.3) is 0 Å². The molecule has 0 fully saturated rings. The second-order valence-electron chi connectivity index (χ2n) is 4.21. The first-order valence-electron chi connectivity index (χ1n) is 5.84. The first-order chi connectivity index (χ1) is 8.77. The van der Waals surface area contributed by atoms with Gasteiger partial charge in [0.15, 0.2) is 0 Å². The first kappa shape index (κ1) is 10.8. The molecule has 2 heterocycles. The zero-order chi connectivity index (χ0) is 12.5. The molecule has 2 aromatic rings. The van der Waals surface area contributed by atoms with Crippen LogP contribution in [0.15, 0.2) is 47.7 Å². The highest BCUT2D eigenvalue weighted by atomic mass is 15.3. The molecule has 89 valence electrons. The average Bonchev–Trinajstić information content (AvgIpc) is 2.99. The molecule has 1 aliphatic rings. The predicted molar refractivity (Wildman–Crippen MR) is 70.8 cm³/mol. The van der Waals surface area contributed by atoms with Crippen LogP contribution >= 0.6 is 0 Å². The molecule has 1 radical (unpaired) electrons. The SMILES string of the molecule is Cc1nn(-c2ccccc2)c(C)c1C1=N[N]C=C1. The third-order valence-electron chi connectivity index (χ3n) is 3.01. The minimum atomic E-state index is 0.882. The summed E-state index contributed by atoms with van der Waals surface area (Å²) in [7, 11) is 0. The normalized spacial score (nSPS) is 13.6. The van der Waals surface area contributed by atoms with Crippen LogP contribution in [-0.2, 0) is 0 Å². The molecule has 4 heteroatoms. The Hall–Kier alpha value is -2.36. The molecular weight excluding hydrogens is 224 g/mol. The number of hydrogen-bond acceptors (Lipinski definition) is 2. The Balaban J connectivity index is 2.14. The third kappa shape index (κ3) is 1.62. The lowest BCUT2D eigenvalue weighted by molar-refractivity contribution is 0.833. The maximum absolute atomic E-state index is 4.59. The molecule has 18 heavy (non-hydrogen) atoms. The van der Waals surface area contributed by atoms with Crippen LogP contribution in [0.5, 0.6) is 0 Å². The van der Waals surface area contributed by atoms with Gasteiger partial charge < -0.3 is 0 Å². The van der Waals surface area contributed by atoms with Gasteiger partial charge in [-0.1, -0.05) is 18.2 Å². The molecule has 0 atom stereocenters. The summed E-state index contributed by atoms with van der Waals surface area (Å²) < 4.78 is 1.94. The summed E-state index contributed by atoms with van der Waals surface area (Å²) in [6, 6.07) is 10.1. The Bertz CT molecular complexity index is 635. The van der Waals surface area contributed by atoms with Gasteiger partial charge >= 0.3 is 0 Å². The van der Waals surface area contributed by atoms with Crippen LogP contribution in [0.1, 0.15) is 17.0 Å². The monoisotopic (exact) mass is 237 g/mol. The fourth-order valence-electron chi connectivity index (χ4n) is 2.20. The van der Waals surface area contributed by atoms with Crippen molar-refractivity contribution in [3.8, 4) is 5.69 Å². The van der Waals surface area contributed by atoms with Crippen LogP contribution in [0.25, 0.3) is 5.69 Å². The molecule has 0 aliphatic carbocycles. The summed E-state index contributed by atoms with van der Waals surface area (Å²) in [6.45, 7) is 4.05. The largest absolute Gasteiger partial charge is 0.237 e. The summed E-state index contributed by atoms with van der Waals surface area (Å²) in [5.74, 6) is 0. The molecule has 0 saturated heterocycles. The fraction of sp³-hybridized carbons (Fsp3) is 0.143. The highest BCUT2D eigenvalue weighted by molar-refractivity contribution is 6.10. The lowest BCUT2D eigenvalue weighted by Crippen LogP contribution is -2.01. The van der Waals surface area contributed by atoms with Gasteiger partial charge in [-0.25, -0.2) is 4.68 Å². The Morgan fingerprint density at radius 2 is 1.83 bits per heavy atom. The summed E-state index contributed by atoms with van der Waals surface area (Å²) in [4.78, 5) is 0. The number of aromatic nitrogens is 2. The van der Waals surface area contributed by atoms with Crippen LogP contribution in [0.3, 0.4) is 0 Å². The van der Waals surface area contributed by atoms with Crippen LogP contribution < -0.4 is 5.43 Å². The highest BCUT2D eigenvalue weighted by Crippen LogP contribution is 2.20. The zero-order valence-electron chi connectivity index (χ0n) is 10.3. The second-order valence-corrected chi connectivity index (χ2v) is 4.21. The Morgan fingerprint density at radius 3 is 2.50 bits per heavy atom. The van der Waals surface area contributed by atoms with E-state index in [4.69, 9.17) is 0 Å². The van der Waals surface area contributed by atoms with Crippen LogP contribution in [0.2, 0.25) is 0 Å². The molecule has 0 saturated carbocycles. The molecule has 1 aliphatic heterocycles. The maximum Gasteiger partial charge on any atom is 0.0982 e. The van der Waals surface area contributed by atoms with Crippen LogP contribution in [-0.4, -0.2) is 15.5 Å². The highest BCUT2D eigenvalue weighted by Gasteiger charge is 2.17. The van der Waals surface area contributed by atoms with E-state index in [1.165, 1.54) is 0 Å². The number of rotatable bonds is 2. The van der Waals surface area contributed by atoms with Crippen molar-refractivity contribution in [2.45, 2.75) is 13.8 Å². The molecule has 0 bridgehead atoms. The van der Waals surface area contributed by atoms with Crippen molar-refractivity contribution in [2.75, 3.05) is 0 Å². The van der Waals surface area contributed by atoms with Crippen molar-refractivity contribution in [3.05, 3.63) is 59.6 Å². The Labute approximate surface area is 106 Å². The number of allylic oxidation sites excluding steroid dienone is 1. The van der Waals surface area contributed by atoms with Gasteiger partial charge in [-0.2, -0.15) is 15.6 Å². The van der Waals surface area contributed by atoms with E-state index in [9.17, 15) is 0 Å². The maximum atomic E-state index is 4.59. The van der Waals surface area contributed by atoms with E-state index in [2.05, 4.69) is 22.5 Å². The van der Waals surface area contributed by atoms with Gasteiger partial charge in [0.2, 0.25) is 0 Å². The van der Waals surface area contributed by atoms with Crippen molar-refractivity contribution < 1.29 is 0 Å². The van der Waals surface area contributed by atoms with Crippen molar-refractivity contribution in [2.24, 2.45) is 5.10 Å². The topological polar surface area (TPSA) is 44.3 Å². The summed E-state index contributed by atoms with van der Waals surface area (Å²) in [5.41, 5.74) is 8.93. The lowest BCUT2D eigenvalue weighted by Gasteiger charge is -2.04. The molecule has 0 unspecified atom stereocenters. The van der Waals surface area contributed by atoms with Crippen molar-refractivity contribution in [1.29, 1.82) is 0 Å². The van der Waals surface area contributed by atoms with E-state index >= 15 is 0 Å². The van der Waals surface area contributed by atoms with E-state index in [0.29, 0.717) is 0 Å². The summed E-state index contributed by atoms with van der Waals surface area (Å²) in [5, 5.41) is 8.70. The quantitative estimate of drug-likeness (QED) is 0.790. The van der Waals surface area contributed by atoms with Crippen molar-refractivity contribution in [3.63, 3.8) is 0 Å². The van der Waals surface area contributed by atoms with Gasteiger partial charge in [-0.3, -0.25) is 0 Å². The third-order valence-corrected chi connectivity index (χ3v) is 3.01. The van der Waals surface area contributed by atoms with E-state index in [0.717, 1.165) is 28.4 Å². The van der Waals surface area contributed by atoms with Gasteiger partial charge in [0.1, 0.15) is 0 Å².